The minimum Gasteiger partial charge on any atom is -0.398 e. The summed E-state index contributed by atoms with van der Waals surface area (Å²) in [6, 6.07) is 15.3. The Labute approximate surface area is 177 Å². The molecule has 2 unspecified atom stereocenters. The number of hydrogen-bond donors (Lipinski definition) is 2. The maximum absolute atomic E-state index is 6.11. The fourth-order valence-electron chi connectivity index (χ4n) is 3.87. The smallest absolute Gasteiger partial charge is 0.0452 e. The highest BCUT2D eigenvalue weighted by atomic mass is 127. The molecule has 3 N–H and O–H groups in total. The van der Waals surface area contributed by atoms with Crippen LogP contribution in [0.2, 0.25) is 0 Å². The van der Waals surface area contributed by atoms with Gasteiger partial charge in [-0.15, -0.1) is 24.8 Å². The lowest BCUT2D eigenvalue weighted by molar-refractivity contribution is 0.460. The molecule has 2 aromatic rings. The van der Waals surface area contributed by atoms with E-state index in [1.54, 1.807) is 0 Å². The number of anilines is 1. The van der Waals surface area contributed by atoms with Gasteiger partial charge in [0.1, 0.15) is 0 Å². The molecule has 3 rings (SSSR count). The summed E-state index contributed by atoms with van der Waals surface area (Å²) < 4.78 is 1.27. The van der Waals surface area contributed by atoms with Gasteiger partial charge in [-0.3, -0.25) is 0 Å². The lowest BCUT2D eigenvalue weighted by atomic mass is 9.76. The van der Waals surface area contributed by atoms with E-state index in [1.165, 1.54) is 45.9 Å². The Hall–Kier alpha value is -0.490. The van der Waals surface area contributed by atoms with E-state index in [2.05, 4.69) is 70.4 Å². The summed E-state index contributed by atoms with van der Waals surface area (Å²) in [6.07, 6.45) is 4.95. The third-order valence-corrected chi connectivity index (χ3v) is 6.29. The number of nitrogens with two attached hydrogens (primary N) is 1. The fourth-order valence-corrected chi connectivity index (χ4v) is 4.63. The molecular weight excluding hydrogens is 466 g/mol. The maximum Gasteiger partial charge on any atom is 0.0452 e. The van der Waals surface area contributed by atoms with Crippen LogP contribution in [0.3, 0.4) is 0 Å². The Morgan fingerprint density at radius 3 is 2.56 bits per heavy atom. The van der Waals surface area contributed by atoms with Crippen molar-refractivity contribution < 1.29 is 0 Å². The Balaban J connectivity index is 0.00000156. The van der Waals surface area contributed by atoms with Crippen LogP contribution < -0.4 is 11.1 Å². The Morgan fingerprint density at radius 2 is 1.88 bits per heavy atom. The van der Waals surface area contributed by atoms with E-state index in [9.17, 15) is 0 Å². The zero-order valence-electron chi connectivity index (χ0n) is 14.5. The molecule has 0 aliphatic heterocycles. The van der Waals surface area contributed by atoms with Crippen molar-refractivity contribution in [3.63, 3.8) is 0 Å². The molecule has 0 fully saturated rings. The van der Waals surface area contributed by atoms with Crippen molar-refractivity contribution in [2.75, 3.05) is 19.3 Å². The van der Waals surface area contributed by atoms with Crippen LogP contribution in [0.15, 0.2) is 42.5 Å². The lowest BCUT2D eigenvalue weighted by Crippen LogP contribution is -2.21. The number of halogens is 3. The first-order valence-electron chi connectivity index (χ1n) is 8.47. The normalized spacial score (nSPS) is 17.0. The molecule has 1 aliphatic carbocycles. The molecule has 5 heteroatoms. The highest BCUT2D eigenvalue weighted by Gasteiger charge is 2.25. The molecule has 0 saturated carbocycles. The van der Waals surface area contributed by atoms with Crippen LogP contribution in [0.1, 0.15) is 47.8 Å². The molecule has 138 valence electrons. The molecule has 2 nitrogen and oxygen atoms in total. The minimum atomic E-state index is 0. The molecule has 1 aliphatic rings. The van der Waals surface area contributed by atoms with E-state index >= 15 is 0 Å². The van der Waals surface area contributed by atoms with Gasteiger partial charge in [0.25, 0.3) is 0 Å². The van der Waals surface area contributed by atoms with E-state index in [0.29, 0.717) is 11.8 Å². The van der Waals surface area contributed by atoms with Crippen molar-refractivity contribution in [3.05, 3.63) is 62.7 Å². The third-order valence-electron chi connectivity index (χ3n) is 5.02. The van der Waals surface area contributed by atoms with Crippen LogP contribution in [-0.4, -0.2) is 13.6 Å². The van der Waals surface area contributed by atoms with Crippen molar-refractivity contribution in [2.45, 2.75) is 37.5 Å². The largest absolute Gasteiger partial charge is 0.398 e. The number of nitrogen functional groups attached to an aromatic ring is 1. The predicted molar refractivity (Wildman–Crippen MR) is 121 cm³/mol. The molecule has 0 bridgehead atoms. The quantitative estimate of drug-likeness (QED) is 0.425. The SMILES string of the molecule is CNCC(CC1CCCc2c1ccc(N)c2I)c1ccccc1.Cl.Cl. The van der Waals surface area contributed by atoms with Gasteiger partial charge >= 0.3 is 0 Å². The average molecular weight is 493 g/mol. The minimum absolute atomic E-state index is 0. The zero-order valence-corrected chi connectivity index (χ0v) is 18.3. The monoisotopic (exact) mass is 492 g/mol. The van der Waals surface area contributed by atoms with Crippen molar-refractivity contribution >= 4 is 53.1 Å². The number of likely N-dealkylation sites (N-methyl/N-ethyl adjacent to an activating group) is 1. The van der Waals surface area contributed by atoms with E-state index in [0.717, 1.165) is 12.2 Å². The van der Waals surface area contributed by atoms with Gasteiger partial charge in [0.05, 0.1) is 0 Å². The summed E-state index contributed by atoms with van der Waals surface area (Å²) in [7, 11) is 2.05. The van der Waals surface area contributed by atoms with Crippen LogP contribution in [0.5, 0.6) is 0 Å². The first kappa shape index (κ1) is 22.6. The number of benzene rings is 2. The van der Waals surface area contributed by atoms with Gasteiger partial charge in [-0.05, 0) is 89.9 Å². The molecule has 0 aromatic heterocycles. The van der Waals surface area contributed by atoms with E-state index < -0.39 is 0 Å². The van der Waals surface area contributed by atoms with Gasteiger partial charge in [0.15, 0.2) is 0 Å². The van der Waals surface area contributed by atoms with Gasteiger partial charge in [0, 0.05) is 15.8 Å². The highest BCUT2D eigenvalue weighted by Crippen LogP contribution is 2.41. The second-order valence-corrected chi connectivity index (χ2v) is 7.61. The number of nitrogens with one attached hydrogen (secondary N) is 1. The average Bonchev–Trinajstić information content (AvgIpc) is 2.59. The highest BCUT2D eigenvalue weighted by molar-refractivity contribution is 14.1. The van der Waals surface area contributed by atoms with Gasteiger partial charge < -0.3 is 11.1 Å². The summed E-state index contributed by atoms with van der Waals surface area (Å²) in [4.78, 5) is 0. The first-order chi connectivity index (χ1) is 11.2. The van der Waals surface area contributed by atoms with E-state index in [4.69, 9.17) is 5.73 Å². The van der Waals surface area contributed by atoms with Crippen LogP contribution in [-0.2, 0) is 6.42 Å². The molecule has 2 aromatic carbocycles. The van der Waals surface area contributed by atoms with Crippen LogP contribution >= 0.6 is 47.4 Å². The zero-order chi connectivity index (χ0) is 16.2. The summed E-state index contributed by atoms with van der Waals surface area (Å²) in [5.41, 5.74) is 11.5. The number of rotatable bonds is 5. The van der Waals surface area contributed by atoms with Gasteiger partial charge in [-0.2, -0.15) is 0 Å². The van der Waals surface area contributed by atoms with Crippen LogP contribution in [0, 0.1) is 3.57 Å². The van der Waals surface area contributed by atoms with Crippen molar-refractivity contribution in [3.8, 4) is 0 Å². The van der Waals surface area contributed by atoms with Gasteiger partial charge in [-0.1, -0.05) is 36.4 Å². The molecule has 0 heterocycles. The predicted octanol–water partition coefficient (Wildman–Crippen LogP) is 5.53. The maximum atomic E-state index is 6.11. The molecule has 2 atom stereocenters. The molecule has 0 radical (unpaired) electrons. The van der Waals surface area contributed by atoms with Crippen molar-refractivity contribution in [1.29, 1.82) is 0 Å². The number of hydrogen-bond acceptors (Lipinski definition) is 2. The molecule has 0 saturated heterocycles. The fraction of sp³-hybridized carbons (Fsp3) is 0.400. The van der Waals surface area contributed by atoms with Crippen LogP contribution in [0.4, 0.5) is 5.69 Å². The lowest BCUT2D eigenvalue weighted by Gasteiger charge is -2.30. The topological polar surface area (TPSA) is 38.0 Å². The summed E-state index contributed by atoms with van der Waals surface area (Å²) in [5, 5.41) is 3.38. The Bertz CT molecular complexity index is 664. The molecular formula is C20H27Cl2IN2. The third kappa shape index (κ3) is 5.25. The van der Waals surface area contributed by atoms with Crippen LogP contribution in [0.25, 0.3) is 0 Å². The molecule has 0 spiro atoms. The summed E-state index contributed by atoms with van der Waals surface area (Å²) in [5.74, 6) is 1.21. The van der Waals surface area contributed by atoms with Crippen molar-refractivity contribution in [1.82, 2.24) is 5.32 Å². The van der Waals surface area contributed by atoms with E-state index in [-0.39, 0.29) is 24.8 Å². The van der Waals surface area contributed by atoms with Gasteiger partial charge in [0.2, 0.25) is 0 Å². The second kappa shape index (κ2) is 10.6. The molecule has 25 heavy (non-hydrogen) atoms. The van der Waals surface area contributed by atoms with Crippen molar-refractivity contribution in [2.24, 2.45) is 0 Å². The Kier molecular flexibility index (Phi) is 9.57. The summed E-state index contributed by atoms with van der Waals surface area (Å²) in [6.45, 7) is 1.03. The molecule has 0 amide bonds. The first-order valence-corrected chi connectivity index (χ1v) is 9.55. The second-order valence-electron chi connectivity index (χ2n) is 6.53. The number of fused-ring (bicyclic) bond motifs is 1. The standard InChI is InChI=1S/C20H25IN2.2ClH/c1-23-13-16(14-6-3-2-4-7-14)12-15-8-5-9-18-17(15)10-11-19(22)20(18)21;;/h2-4,6-7,10-11,15-16,23H,5,8-9,12-13,22H2,1H3;2*1H. The Morgan fingerprint density at radius 1 is 1.16 bits per heavy atom. The summed E-state index contributed by atoms with van der Waals surface area (Å²) >= 11 is 2.42. The van der Waals surface area contributed by atoms with E-state index in [1.807, 2.05) is 7.05 Å². The van der Waals surface area contributed by atoms with Gasteiger partial charge in [-0.25, -0.2) is 0 Å².